The fourth-order valence-electron chi connectivity index (χ4n) is 1.94. The Balaban J connectivity index is 2.40. The van der Waals surface area contributed by atoms with E-state index in [0.717, 1.165) is 16.7 Å². The maximum absolute atomic E-state index is 10.8. The predicted molar refractivity (Wildman–Crippen MR) is 77.9 cm³/mol. The van der Waals surface area contributed by atoms with Crippen LogP contribution in [0.5, 0.6) is 0 Å². The van der Waals surface area contributed by atoms with Crippen molar-refractivity contribution in [2.24, 2.45) is 0 Å². The Kier molecular flexibility index (Phi) is 3.81. The summed E-state index contributed by atoms with van der Waals surface area (Å²) in [5, 5.41) is 8.90. The molecular weight excluding hydrogens is 236 g/mol. The number of aliphatic carboxylic acids is 1. The van der Waals surface area contributed by atoms with Crippen molar-refractivity contribution in [1.29, 1.82) is 0 Å². The van der Waals surface area contributed by atoms with Gasteiger partial charge >= 0.3 is 5.97 Å². The molecule has 0 unspecified atom stereocenters. The van der Waals surface area contributed by atoms with E-state index < -0.39 is 5.97 Å². The molecule has 0 radical (unpaired) electrons. The number of benzene rings is 2. The summed E-state index contributed by atoms with van der Waals surface area (Å²) in [6, 6.07) is 16.1. The molecule has 2 rings (SSSR count). The number of aryl methyl sites for hydroxylation is 1. The Morgan fingerprint density at radius 3 is 2.32 bits per heavy atom. The number of carboxylic acid groups (broad SMARTS) is 1. The van der Waals surface area contributed by atoms with E-state index in [0.29, 0.717) is 5.57 Å². The lowest BCUT2D eigenvalue weighted by Gasteiger charge is -2.04. The van der Waals surface area contributed by atoms with Gasteiger partial charge in [0.2, 0.25) is 0 Å². The van der Waals surface area contributed by atoms with E-state index >= 15 is 0 Å². The topological polar surface area (TPSA) is 37.3 Å². The lowest BCUT2D eigenvalue weighted by molar-refractivity contribution is -0.132. The van der Waals surface area contributed by atoms with Crippen LogP contribution in [-0.2, 0) is 4.79 Å². The lowest BCUT2D eigenvalue weighted by atomic mass is 10.0. The Hall–Kier alpha value is -2.35. The second kappa shape index (κ2) is 5.53. The van der Waals surface area contributed by atoms with Crippen LogP contribution in [0.25, 0.3) is 17.2 Å². The van der Waals surface area contributed by atoms with E-state index in [2.05, 4.69) is 25.1 Å². The molecule has 19 heavy (non-hydrogen) atoms. The first-order valence-corrected chi connectivity index (χ1v) is 6.15. The van der Waals surface area contributed by atoms with Crippen molar-refractivity contribution in [3.63, 3.8) is 0 Å². The molecule has 0 fully saturated rings. The molecule has 0 aliphatic rings. The first kappa shape index (κ1) is 13.1. The first-order valence-electron chi connectivity index (χ1n) is 6.15. The van der Waals surface area contributed by atoms with E-state index in [1.165, 1.54) is 5.56 Å². The van der Waals surface area contributed by atoms with Crippen molar-refractivity contribution < 1.29 is 9.90 Å². The van der Waals surface area contributed by atoms with Crippen LogP contribution in [0.15, 0.2) is 54.1 Å². The number of hydrogen-bond donors (Lipinski definition) is 1. The maximum atomic E-state index is 10.8. The number of carbonyl (C=O) groups is 1. The molecule has 0 amide bonds. The van der Waals surface area contributed by atoms with Gasteiger partial charge in [0.15, 0.2) is 0 Å². The van der Waals surface area contributed by atoms with Gasteiger partial charge in [-0.1, -0.05) is 48.0 Å². The van der Waals surface area contributed by atoms with E-state index in [-0.39, 0.29) is 0 Å². The van der Waals surface area contributed by atoms with Crippen LogP contribution in [0.2, 0.25) is 0 Å². The van der Waals surface area contributed by atoms with E-state index in [4.69, 9.17) is 5.11 Å². The quantitative estimate of drug-likeness (QED) is 0.833. The molecule has 0 bridgehead atoms. The average Bonchev–Trinajstić information content (AvgIpc) is 2.39. The minimum Gasteiger partial charge on any atom is -0.478 e. The van der Waals surface area contributed by atoms with Crippen LogP contribution in [0.1, 0.15) is 18.1 Å². The Labute approximate surface area is 113 Å². The summed E-state index contributed by atoms with van der Waals surface area (Å²) >= 11 is 0. The van der Waals surface area contributed by atoms with E-state index in [1.807, 2.05) is 30.3 Å². The van der Waals surface area contributed by atoms with Crippen LogP contribution >= 0.6 is 0 Å². The third kappa shape index (κ3) is 3.32. The highest BCUT2D eigenvalue weighted by Crippen LogP contribution is 2.22. The second-order valence-electron chi connectivity index (χ2n) is 4.63. The van der Waals surface area contributed by atoms with Gasteiger partial charge in [-0.2, -0.15) is 0 Å². The maximum Gasteiger partial charge on any atom is 0.331 e. The fraction of sp³-hybridized carbons (Fsp3) is 0.118. The molecule has 0 saturated carbocycles. The van der Waals surface area contributed by atoms with Crippen molar-refractivity contribution in [3.8, 4) is 11.1 Å². The zero-order chi connectivity index (χ0) is 13.8. The summed E-state index contributed by atoms with van der Waals surface area (Å²) in [4.78, 5) is 10.8. The molecule has 0 aliphatic carbocycles. The van der Waals surface area contributed by atoms with Gasteiger partial charge in [-0.05, 0) is 42.7 Å². The van der Waals surface area contributed by atoms with Gasteiger partial charge in [-0.25, -0.2) is 4.79 Å². The highest BCUT2D eigenvalue weighted by molar-refractivity contribution is 5.91. The van der Waals surface area contributed by atoms with Gasteiger partial charge in [0.1, 0.15) is 0 Å². The Morgan fingerprint density at radius 1 is 1.05 bits per heavy atom. The van der Waals surface area contributed by atoms with Gasteiger partial charge in [0.05, 0.1) is 0 Å². The summed E-state index contributed by atoms with van der Waals surface area (Å²) < 4.78 is 0. The Bertz CT molecular complexity index is 639. The van der Waals surface area contributed by atoms with Gasteiger partial charge in [0, 0.05) is 5.57 Å². The van der Waals surface area contributed by atoms with Crippen LogP contribution in [-0.4, -0.2) is 11.1 Å². The summed E-state index contributed by atoms with van der Waals surface area (Å²) in [6.07, 6.45) is 1.68. The van der Waals surface area contributed by atoms with Gasteiger partial charge in [0.25, 0.3) is 0 Å². The molecule has 0 atom stereocenters. The summed E-state index contributed by atoms with van der Waals surface area (Å²) in [6.45, 7) is 3.66. The number of hydrogen-bond acceptors (Lipinski definition) is 1. The predicted octanol–water partition coefficient (Wildman–Crippen LogP) is 4.15. The lowest BCUT2D eigenvalue weighted by Crippen LogP contribution is -1.95. The van der Waals surface area contributed by atoms with Gasteiger partial charge < -0.3 is 5.11 Å². The van der Waals surface area contributed by atoms with E-state index in [1.54, 1.807) is 13.0 Å². The summed E-state index contributed by atoms with van der Waals surface area (Å²) in [5.41, 5.74) is 4.68. The average molecular weight is 252 g/mol. The third-order valence-corrected chi connectivity index (χ3v) is 2.96. The minimum atomic E-state index is -0.888. The van der Waals surface area contributed by atoms with Crippen molar-refractivity contribution in [2.45, 2.75) is 13.8 Å². The highest BCUT2D eigenvalue weighted by Gasteiger charge is 2.02. The van der Waals surface area contributed by atoms with Crippen molar-refractivity contribution in [3.05, 3.63) is 65.2 Å². The molecule has 0 aliphatic heterocycles. The number of rotatable bonds is 3. The van der Waals surface area contributed by atoms with E-state index in [9.17, 15) is 4.79 Å². The molecule has 2 aromatic rings. The highest BCUT2D eigenvalue weighted by atomic mass is 16.4. The number of carboxylic acids is 1. The molecule has 2 nitrogen and oxygen atoms in total. The van der Waals surface area contributed by atoms with Crippen LogP contribution in [0.3, 0.4) is 0 Å². The first-order chi connectivity index (χ1) is 9.06. The normalized spacial score (nSPS) is 11.4. The molecule has 1 N–H and O–H groups in total. The summed E-state index contributed by atoms with van der Waals surface area (Å²) in [5.74, 6) is -0.888. The SMILES string of the molecule is C/C(=C\c1cccc(-c2cccc(C)c2)c1)C(=O)O. The molecule has 0 aromatic heterocycles. The molecule has 0 heterocycles. The van der Waals surface area contributed by atoms with Crippen LogP contribution in [0, 0.1) is 6.92 Å². The molecule has 96 valence electrons. The third-order valence-electron chi connectivity index (χ3n) is 2.96. The fourth-order valence-corrected chi connectivity index (χ4v) is 1.94. The molecule has 2 heteroatoms. The molecule has 0 spiro atoms. The smallest absolute Gasteiger partial charge is 0.331 e. The zero-order valence-electron chi connectivity index (χ0n) is 11.1. The molecular formula is C17H16O2. The van der Waals surface area contributed by atoms with Crippen LogP contribution < -0.4 is 0 Å². The van der Waals surface area contributed by atoms with Crippen LogP contribution in [0.4, 0.5) is 0 Å². The molecule has 2 aromatic carbocycles. The Morgan fingerprint density at radius 2 is 1.68 bits per heavy atom. The van der Waals surface area contributed by atoms with Crippen molar-refractivity contribution in [1.82, 2.24) is 0 Å². The standard InChI is InChI=1S/C17H16O2/c1-12-5-3-7-15(9-12)16-8-4-6-14(11-16)10-13(2)17(18)19/h3-11H,1-2H3,(H,18,19)/b13-10+. The van der Waals surface area contributed by atoms with Crippen molar-refractivity contribution in [2.75, 3.05) is 0 Å². The summed E-state index contributed by atoms with van der Waals surface area (Å²) in [7, 11) is 0. The minimum absolute atomic E-state index is 0.335. The van der Waals surface area contributed by atoms with Gasteiger partial charge in [-0.3, -0.25) is 0 Å². The largest absolute Gasteiger partial charge is 0.478 e. The monoisotopic (exact) mass is 252 g/mol. The second-order valence-corrected chi connectivity index (χ2v) is 4.63. The van der Waals surface area contributed by atoms with Crippen molar-refractivity contribution >= 4 is 12.0 Å². The zero-order valence-corrected chi connectivity index (χ0v) is 11.1. The molecule has 0 saturated heterocycles. The van der Waals surface area contributed by atoms with Gasteiger partial charge in [-0.15, -0.1) is 0 Å².